The highest BCUT2D eigenvalue weighted by Gasteiger charge is 2.30. The molecule has 1 saturated heterocycles. The first-order valence-electron chi connectivity index (χ1n) is 10.5. The summed E-state index contributed by atoms with van der Waals surface area (Å²) < 4.78 is 11.5. The van der Waals surface area contributed by atoms with Gasteiger partial charge in [0.15, 0.2) is 11.6 Å². The zero-order chi connectivity index (χ0) is 21.2. The molecule has 1 atom stereocenters. The van der Waals surface area contributed by atoms with Crippen LogP contribution in [0.3, 0.4) is 0 Å². The van der Waals surface area contributed by atoms with E-state index in [0.29, 0.717) is 31.1 Å². The van der Waals surface area contributed by atoms with Crippen LogP contribution in [0.4, 0.5) is 0 Å². The topological polar surface area (TPSA) is 84.2 Å². The number of ether oxygens (including phenoxy) is 1. The minimum absolute atomic E-state index is 0.0528. The van der Waals surface area contributed by atoms with Gasteiger partial charge in [-0.2, -0.15) is 5.10 Å². The molecule has 0 spiro atoms. The van der Waals surface area contributed by atoms with E-state index in [1.807, 2.05) is 53.4 Å². The number of hydrogen-bond acceptors (Lipinski definition) is 5. The molecule has 0 radical (unpaired) electrons. The van der Waals surface area contributed by atoms with Crippen molar-refractivity contribution in [3.8, 4) is 5.75 Å². The summed E-state index contributed by atoms with van der Waals surface area (Å²) >= 11 is 0. The van der Waals surface area contributed by atoms with Crippen LogP contribution in [-0.2, 0) is 6.42 Å². The number of rotatable bonds is 5. The third-order valence-corrected chi connectivity index (χ3v) is 5.86. The number of H-pyrrole nitrogens is 1. The summed E-state index contributed by atoms with van der Waals surface area (Å²) in [5.74, 6) is 2.34. The van der Waals surface area contributed by atoms with Crippen molar-refractivity contribution >= 4 is 16.8 Å². The second-order valence-electron chi connectivity index (χ2n) is 7.86. The Hall–Kier alpha value is -3.61. The van der Waals surface area contributed by atoms with E-state index in [4.69, 9.17) is 9.15 Å². The van der Waals surface area contributed by atoms with Crippen LogP contribution < -0.4 is 4.74 Å². The SMILES string of the molecule is COc1ccccc1Cc1cnc([C@@H]2CCCN(C(=O)c3n[nH]c4ccccc34)C2)o1. The van der Waals surface area contributed by atoms with Gasteiger partial charge >= 0.3 is 0 Å². The lowest BCUT2D eigenvalue weighted by Gasteiger charge is -2.30. The first-order chi connectivity index (χ1) is 15.2. The van der Waals surface area contributed by atoms with E-state index >= 15 is 0 Å². The van der Waals surface area contributed by atoms with E-state index in [-0.39, 0.29) is 11.8 Å². The number of likely N-dealkylation sites (tertiary alicyclic amines) is 1. The predicted molar refractivity (Wildman–Crippen MR) is 116 cm³/mol. The van der Waals surface area contributed by atoms with E-state index in [9.17, 15) is 4.79 Å². The van der Waals surface area contributed by atoms with Gasteiger partial charge in [-0.15, -0.1) is 0 Å². The van der Waals surface area contributed by atoms with Crippen molar-refractivity contribution in [2.45, 2.75) is 25.2 Å². The second kappa shape index (κ2) is 8.26. The summed E-state index contributed by atoms with van der Waals surface area (Å²) in [7, 11) is 1.67. The van der Waals surface area contributed by atoms with Crippen molar-refractivity contribution in [1.82, 2.24) is 20.1 Å². The molecular weight excluding hydrogens is 392 g/mol. The lowest BCUT2D eigenvalue weighted by molar-refractivity contribution is 0.0694. The van der Waals surface area contributed by atoms with Crippen LogP contribution in [0.2, 0.25) is 0 Å². The molecule has 1 aliphatic heterocycles. The Morgan fingerprint density at radius 3 is 2.97 bits per heavy atom. The van der Waals surface area contributed by atoms with E-state index in [0.717, 1.165) is 40.8 Å². The number of aromatic amines is 1. The Morgan fingerprint density at radius 1 is 1.23 bits per heavy atom. The molecule has 3 heterocycles. The van der Waals surface area contributed by atoms with Crippen molar-refractivity contribution in [2.75, 3.05) is 20.2 Å². The van der Waals surface area contributed by atoms with E-state index < -0.39 is 0 Å². The number of nitrogens with one attached hydrogen (secondary N) is 1. The van der Waals surface area contributed by atoms with E-state index in [1.54, 1.807) is 13.3 Å². The quantitative estimate of drug-likeness (QED) is 0.528. The summed E-state index contributed by atoms with van der Waals surface area (Å²) in [6.45, 7) is 1.29. The fraction of sp³-hybridized carbons (Fsp3) is 0.292. The Morgan fingerprint density at radius 2 is 2.06 bits per heavy atom. The van der Waals surface area contributed by atoms with Crippen LogP contribution >= 0.6 is 0 Å². The van der Waals surface area contributed by atoms with Crippen molar-refractivity contribution in [3.05, 3.63) is 77.6 Å². The van der Waals surface area contributed by atoms with Gasteiger partial charge in [0.25, 0.3) is 5.91 Å². The molecule has 1 N–H and O–H groups in total. The maximum atomic E-state index is 13.1. The van der Waals surface area contributed by atoms with Crippen LogP contribution in [0, 0.1) is 0 Å². The second-order valence-corrected chi connectivity index (χ2v) is 7.86. The first kappa shape index (κ1) is 19.4. The molecule has 1 amide bonds. The normalized spacial score (nSPS) is 16.5. The molecule has 0 bridgehead atoms. The standard InChI is InChI=1S/C24H24N4O3/c1-30-21-11-5-2-7-16(21)13-18-14-25-23(31-18)17-8-6-12-28(15-17)24(29)22-19-9-3-4-10-20(19)26-27-22/h2-5,7,9-11,14,17H,6,8,12-13,15H2,1H3,(H,26,27)/t17-/m1/s1. The first-order valence-corrected chi connectivity index (χ1v) is 10.5. The van der Waals surface area contributed by atoms with Gasteiger partial charge in [-0.1, -0.05) is 36.4 Å². The van der Waals surface area contributed by atoms with Crippen molar-refractivity contribution in [3.63, 3.8) is 0 Å². The minimum atomic E-state index is -0.0528. The molecule has 1 aliphatic rings. The Bertz CT molecular complexity index is 1210. The zero-order valence-electron chi connectivity index (χ0n) is 17.4. The monoisotopic (exact) mass is 416 g/mol. The molecule has 0 saturated carbocycles. The third kappa shape index (κ3) is 3.79. The fourth-order valence-corrected chi connectivity index (χ4v) is 4.27. The van der Waals surface area contributed by atoms with Crippen LogP contribution in [0.25, 0.3) is 10.9 Å². The molecule has 4 aromatic rings. The average molecular weight is 416 g/mol. The molecular formula is C24H24N4O3. The average Bonchev–Trinajstić information content (AvgIpc) is 3.46. The Kier molecular flexibility index (Phi) is 5.16. The van der Waals surface area contributed by atoms with Gasteiger partial charge in [0, 0.05) is 30.5 Å². The number of carbonyl (C=O) groups excluding carboxylic acids is 1. The minimum Gasteiger partial charge on any atom is -0.496 e. The van der Waals surface area contributed by atoms with Crippen LogP contribution in [-0.4, -0.2) is 46.2 Å². The van der Waals surface area contributed by atoms with Crippen LogP contribution in [0.1, 0.15) is 46.5 Å². The molecule has 0 aliphatic carbocycles. The molecule has 2 aromatic carbocycles. The molecule has 5 rings (SSSR count). The molecule has 2 aromatic heterocycles. The highest BCUT2D eigenvalue weighted by molar-refractivity contribution is 6.04. The molecule has 7 heteroatoms. The molecule has 158 valence electrons. The number of para-hydroxylation sites is 2. The molecule has 7 nitrogen and oxygen atoms in total. The highest BCUT2D eigenvalue weighted by Crippen LogP contribution is 2.29. The van der Waals surface area contributed by atoms with Gasteiger partial charge in [0.1, 0.15) is 11.5 Å². The number of carbonyl (C=O) groups is 1. The smallest absolute Gasteiger partial charge is 0.275 e. The number of amides is 1. The summed E-state index contributed by atoms with van der Waals surface area (Å²) in [6, 6.07) is 15.6. The van der Waals surface area contributed by atoms with Crippen LogP contribution in [0.15, 0.2) is 59.1 Å². The maximum absolute atomic E-state index is 13.1. The summed E-state index contributed by atoms with van der Waals surface area (Å²) in [6.07, 6.45) is 4.25. The van der Waals surface area contributed by atoms with Crippen molar-refractivity contribution < 1.29 is 13.9 Å². The van der Waals surface area contributed by atoms with Gasteiger partial charge < -0.3 is 14.1 Å². The van der Waals surface area contributed by atoms with Gasteiger partial charge in [0.05, 0.1) is 24.7 Å². The summed E-state index contributed by atoms with van der Waals surface area (Å²) in [5.41, 5.74) is 2.40. The number of aromatic nitrogens is 3. The number of nitrogens with zero attached hydrogens (tertiary/aromatic N) is 3. The Labute approximate surface area is 180 Å². The lowest BCUT2D eigenvalue weighted by atomic mass is 9.97. The zero-order valence-corrected chi connectivity index (χ0v) is 17.4. The molecule has 1 fully saturated rings. The lowest BCUT2D eigenvalue weighted by Crippen LogP contribution is -2.39. The van der Waals surface area contributed by atoms with Gasteiger partial charge in [-0.25, -0.2) is 4.98 Å². The predicted octanol–water partition coefficient (Wildman–Crippen LogP) is 4.17. The number of hydrogen-bond donors (Lipinski definition) is 1. The van der Waals surface area contributed by atoms with Crippen LogP contribution in [0.5, 0.6) is 5.75 Å². The summed E-state index contributed by atoms with van der Waals surface area (Å²) in [4.78, 5) is 19.5. The maximum Gasteiger partial charge on any atom is 0.275 e. The number of oxazole rings is 1. The number of piperidine rings is 1. The van der Waals surface area contributed by atoms with Crippen molar-refractivity contribution in [1.29, 1.82) is 0 Å². The highest BCUT2D eigenvalue weighted by atomic mass is 16.5. The van der Waals surface area contributed by atoms with Gasteiger partial charge in [-0.3, -0.25) is 9.89 Å². The number of benzene rings is 2. The fourth-order valence-electron chi connectivity index (χ4n) is 4.27. The molecule has 0 unspecified atom stereocenters. The third-order valence-electron chi connectivity index (χ3n) is 5.86. The number of fused-ring (bicyclic) bond motifs is 1. The number of methoxy groups -OCH3 is 1. The van der Waals surface area contributed by atoms with Crippen molar-refractivity contribution in [2.24, 2.45) is 0 Å². The van der Waals surface area contributed by atoms with Gasteiger partial charge in [0.2, 0.25) is 0 Å². The van der Waals surface area contributed by atoms with E-state index in [2.05, 4.69) is 15.2 Å². The van der Waals surface area contributed by atoms with Gasteiger partial charge in [-0.05, 0) is 25.0 Å². The largest absolute Gasteiger partial charge is 0.496 e. The Balaban J connectivity index is 1.31. The van der Waals surface area contributed by atoms with E-state index in [1.165, 1.54) is 0 Å². The summed E-state index contributed by atoms with van der Waals surface area (Å²) in [5, 5.41) is 8.07. The molecule has 31 heavy (non-hydrogen) atoms.